The predicted molar refractivity (Wildman–Crippen MR) is 170 cm³/mol. The second kappa shape index (κ2) is 16.2. The fraction of sp³-hybridized carbons (Fsp3) is 0.344. The van der Waals surface area contributed by atoms with Gasteiger partial charge in [0, 0.05) is 41.8 Å². The van der Waals surface area contributed by atoms with E-state index in [2.05, 4.69) is 30.9 Å². The second-order valence-corrected chi connectivity index (χ2v) is 11.1. The highest BCUT2D eigenvalue weighted by molar-refractivity contribution is 5.94. The van der Waals surface area contributed by atoms with Gasteiger partial charge in [-0.3, -0.25) is 14.4 Å². The molecule has 0 radical (unpaired) electrons. The Morgan fingerprint density at radius 1 is 0.826 bits per heavy atom. The van der Waals surface area contributed by atoms with Gasteiger partial charge >= 0.3 is 5.97 Å². The topological polar surface area (TPSA) is 241 Å². The number of hydrogen-bond acceptors (Lipinski definition) is 8. The van der Waals surface area contributed by atoms with E-state index < -0.39 is 47.9 Å². The lowest BCUT2D eigenvalue weighted by Crippen LogP contribution is -2.58. The summed E-state index contributed by atoms with van der Waals surface area (Å²) < 4.78 is 0. The monoisotopic (exact) mass is 632 g/mol. The van der Waals surface area contributed by atoms with Crippen molar-refractivity contribution in [3.05, 3.63) is 84.1 Å². The molecule has 14 heteroatoms. The van der Waals surface area contributed by atoms with Crippen molar-refractivity contribution >= 4 is 34.6 Å². The summed E-state index contributed by atoms with van der Waals surface area (Å²) in [5, 5.41) is 28.3. The van der Waals surface area contributed by atoms with Crippen molar-refractivity contribution in [3.8, 4) is 5.75 Å². The number of benzene rings is 2. The maximum absolute atomic E-state index is 13.6. The molecule has 4 atom stereocenters. The summed E-state index contributed by atoms with van der Waals surface area (Å²) in [6, 6.07) is 9.08. The second-order valence-electron chi connectivity index (χ2n) is 11.1. The van der Waals surface area contributed by atoms with E-state index >= 15 is 0 Å². The van der Waals surface area contributed by atoms with Crippen LogP contribution in [0, 0.1) is 0 Å². The van der Waals surface area contributed by atoms with Gasteiger partial charge in [-0.05, 0) is 61.6 Å². The van der Waals surface area contributed by atoms with Gasteiger partial charge in [0.25, 0.3) is 0 Å². The van der Waals surface area contributed by atoms with Crippen LogP contribution in [0.2, 0.25) is 0 Å². The zero-order valence-corrected chi connectivity index (χ0v) is 25.2. The maximum atomic E-state index is 13.6. The normalized spacial score (nSPS) is 13.8. The van der Waals surface area contributed by atoms with E-state index in [9.17, 15) is 29.4 Å². The summed E-state index contributed by atoms with van der Waals surface area (Å²) in [6.45, 7) is 0.394. The summed E-state index contributed by atoms with van der Waals surface area (Å²) in [5.41, 5.74) is 14.8. The molecule has 46 heavy (non-hydrogen) atoms. The van der Waals surface area contributed by atoms with E-state index in [1.54, 1.807) is 18.3 Å². The van der Waals surface area contributed by atoms with Gasteiger partial charge in [0.1, 0.15) is 23.9 Å². The van der Waals surface area contributed by atoms with Gasteiger partial charge in [-0.15, -0.1) is 0 Å². The number of carbonyl (C=O) groups excluding carboxylic acids is 3. The highest BCUT2D eigenvalue weighted by Crippen LogP contribution is 2.19. The molecular formula is C32H40N8O6. The number of aromatic amines is 2. The number of aliphatic carboxylic acids is 1. The van der Waals surface area contributed by atoms with Gasteiger partial charge in [0.2, 0.25) is 17.7 Å². The number of carboxylic acids is 1. The Balaban J connectivity index is 1.47. The van der Waals surface area contributed by atoms with Gasteiger partial charge in [-0.1, -0.05) is 30.3 Å². The quantitative estimate of drug-likeness (QED) is 0.0740. The number of aromatic hydroxyl groups is 1. The number of unbranched alkanes of at least 4 members (excludes halogenated alkanes) is 1. The highest BCUT2D eigenvalue weighted by atomic mass is 16.4. The van der Waals surface area contributed by atoms with E-state index in [0.29, 0.717) is 30.6 Å². The number of carbonyl (C=O) groups is 4. The van der Waals surface area contributed by atoms with Gasteiger partial charge in [-0.25, -0.2) is 9.78 Å². The fourth-order valence-corrected chi connectivity index (χ4v) is 5.11. The molecule has 0 unspecified atom stereocenters. The smallest absolute Gasteiger partial charge is 0.326 e. The van der Waals surface area contributed by atoms with Crippen molar-refractivity contribution in [3.63, 3.8) is 0 Å². The molecule has 2 heterocycles. The third kappa shape index (κ3) is 9.39. The van der Waals surface area contributed by atoms with Gasteiger partial charge in [0.15, 0.2) is 0 Å². The van der Waals surface area contributed by atoms with Crippen LogP contribution >= 0.6 is 0 Å². The minimum absolute atomic E-state index is 0.0212. The number of aromatic nitrogens is 3. The zero-order chi connectivity index (χ0) is 33.1. The number of amides is 3. The third-order valence-electron chi connectivity index (χ3n) is 7.63. The molecule has 244 valence electrons. The molecule has 0 saturated carbocycles. The Hall–Kier alpha value is -5.21. The molecule has 2 aromatic heterocycles. The summed E-state index contributed by atoms with van der Waals surface area (Å²) in [4.78, 5) is 62.4. The Kier molecular flexibility index (Phi) is 11.9. The number of phenolic OH excluding ortho intramolecular Hbond substituents is 1. The number of nitrogens with zero attached hydrogens (tertiary/aromatic N) is 1. The van der Waals surface area contributed by atoms with Crippen molar-refractivity contribution in [1.82, 2.24) is 30.9 Å². The number of nitrogens with two attached hydrogens (primary N) is 2. The summed E-state index contributed by atoms with van der Waals surface area (Å²) in [7, 11) is 0. The van der Waals surface area contributed by atoms with E-state index in [-0.39, 0.29) is 31.4 Å². The van der Waals surface area contributed by atoms with Crippen molar-refractivity contribution in [1.29, 1.82) is 0 Å². The van der Waals surface area contributed by atoms with Gasteiger partial charge in [0.05, 0.1) is 12.4 Å². The third-order valence-corrected chi connectivity index (χ3v) is 7.63. The lowest BCUT2D eigenvalue weighted by atomic mass is 10.0. The molecule has 2 aromatic carbocycles. The largest absolute Gasteiger partial charge is 0.508 e. The highest BCUT2D eigenvalue weighted by Gasteiger charge is 2.31. The number of carboxylic acid groups (broad SMARTS) is 1. The van der Waals surface area contributed by atoms with Crippen LogP contribution in [0.15, 0.2) is 67.3 Å². The molecule has 11 N–H and O–H groups in total. The van der Waals surface area contributed by atoms with Crippen LogP contribution in [0.1, 0.15) is 36.1 Å². The number of hydrogen-bond donors (Lipinski definition) is 9. The first-order valence-corrected chi connectivity index (χ1v) is 15.0. The van der Waals surface area contributed by atoms with E-state index in [0.717, 1.165) is 16.5 Å². The Morgan fingerprint density at radius 2 is 1.52 bits per heavy atom. The molecule has 4 aromatic rings. The molecular weight excluding hydrogens is 592 g/mol. The number of para-hydroxylation sites is 1. The summed E-state index contributed by atoms with van der Waals surface area (Å²) >= 11 is 0. The molecule has 0 saturated heterocycles. The first-order chi connectivity index (χ1) is 22.1. The maximum Gasteiger partial charge on any atom is 0.326 e. The molecule has 0 fully saturated rings. The van der Waals surface area contributed by atoms with E-state index in [1.807, 2.05) is 24.3 Å². The molecule has 14 nitrogen and oxygen atoms in total. The van der Waals surface area contributed by atoms with Gasteiger partial charge in [-0.2, -0.15) is 0 Å². The number of H-pyrrole nitrogens is 2. The van der Waals surface area contributed by atoms with E-state index in [1.165, 1.54) is 24.7 Å². The first kappa shape index (κ1) is 33.7. The average molecular weight is 633 g/mol. The van der Waals surface area contributed by atoms with Crippen LogP contribution < -0.4 is 27.4 Å². The number of phenols is 1. The zero-order valence-electron chi connectivity index (χ0n) is 25.2. The van der Waals surface area contributed by atoms with E-state index in [4.69, 9.17) is 11.5 Å². The van der Waals surface area contributed by atoms with Crippen LogP contribution in [-0.2, 0) is 38.4 Å². The Morgan fingerprint density at radius 3 is 2.22 bits per heavy atom. The van der Waals surface area contributed by atoms with Crippen LogP contribution in [0.25, 0.3) is 10.9 Å². The van der Waals surface area contributed by atoms with Crippen LogP contribution in [0.4, 0.5) is 0 Å². The Labute approximate surface area is 265 Å². The minimum atomic E-state index is -1.32. The molecule has 0 aliphatic rings. The molecule has 0 spiro atoms. The van der Waals surface area contributed by atoms with Crippen molar-refractivity contribution in [2.75, 3.05) is 6.54 Å². The number of nitrogens with one attached hydrogen (secondary N) is 5. The van der Waals surface area contributed by atoms with Crippen molar-refractivity contribution < 1.29 is 29.4 Å². The summed E-state index contributed by atoms with van der Waals surface area (Å²) in [6.07, 6.45) is 6.23. The lowest BCUT2D eigenvalue weighted by molar-refractivity contribution is -0.142. The Bertz CT molecular complexity index is 1600. The number of imidazole rings is 1. The average Bonchev–Trinajstić information content (AvgIpc) is 3.71. The predicted octanol–water partition coefficient (Wildman–Crippen LogP) is 0.620. The molecule has 0 aliphatic carbocycles. The van der Waals surface area contributed by atoms with Crippen LogP contribution in [0.3, 0.4) is 0 Å². The molecule has 3 amide bonds. The molecule has 0 aliphatic heterocycles. The van der Waals surface area contributed by atoms with Crippen molar-refractivity contribution in [2.45, 2.75) is 62.7 Å². The minimum Gasteiger partial charge on any atom is -0.508 e. The summed E-state index contributed by atoms with van der Waals surface area (Å²) in [5.74, 6) is -3.15. The van der Waals surface area contributed by atoms with Crippen LogP contribution in [-0.4, -0.2) is 79.6 Å². The number of fused-ring (bicyclic) bond motifs is 1. The fourth-order valence-electron chi connectivity index (χ4n) is 5.11. The molecule has 0 bridgehead atoms. The lowest BCUT2D eigenvalue weighted by Gasteiger charge is -2.25. The van der Waals surface area contributed by atoms with Crippen LogP contribution in [0.5, 0.6) is 5.75 Å². The standard InChI is InChI=1S/C32H40N8O6/c33-12-4-3-7-26(38-29(42)24(34)14-20-16-36-25-6-2-1-5-23(20)25)30(43)39-27(15-21-17-35-18-37-21)31(44)40-28(32(45)46)13-19-8-10-22(41)11-9-19/h1-2,5-6,8-11,16-18,24,26-28,36,41H,3-4,7,12-15,33-34H2,(H,35,37)(H,38,42)(H,39,43)(H,40,44)(H,45,46)/t24-,26-,27-,28-/m0/s1. The first-order valence-electron chi connectivity index (χ1n) is 15.0. The SMILES string of the molecule is NCCCC[C@H](NC(=O)[C@@H](N)Cc1c[nH]c2ccccc12)C(=O)N[C@@H](Cc1cnc[nH]1)C(=O)N[C@@H](Cc1ccc(O)cc1)C(=O)O. The van der Waals surface area contributed by atoms with Crippen molar-refractivity contribution in [2.24, 2.45) is 11.5 Å². The van der Waals surface area contributed by atoms with Gasteiger partial charge < -0.3 is 47.6 Å². The number of rotatable bonds is 17. The molecule has 4 rings (SSSR count).